The molecule has 1 aromatic heterocycles. The summed E-state index contributed by atoms with van der Waals surface area (Å²) >= 11 is 0. The van der Waals surface area contributed by atoms with Gasteiger partial charge < -0.3 is 19.8 Å². The predicted octanol–water partition coefficient (Wildman–Crippen LogP) is 2.15. The number of para-hydroxylation sites is 1. The Morgan fingerprint density at radius 3 is 3.00 bits per heavy atom. The highest BCUT2D eigenvalue weighted by Gasteiger charge is 2.22. The van der Waals surface area contributed by atoms with Crippen molar-refractivity contribution in [3.63, 3.8) is 0 Å². The van der Waals surface area contributed by atoms with Gasteiger partial charge in [-0.1, -0.05) is 12.1 Å². The molecule has 1 aliphatic heterocycles. The van der Waals surface area contributed by atoms with Crippen molar-refractivity contribution in [1.82, 2.24) is 10.3 Å². The van der Waals surface area contributed by atoms with E-state index >= 15 is 0 Å². The third-order valence-electron chi connectivity index (χ3n) is 3.50. The number of hydrogen-bond donors (Lipinski definition) is 2. The molecule has 0 radical (unpaired) electrons. The molecule has 1 saturated heterocycles. The number of aromatic amines is 1. The topological polar surface area (TPSA) is 46.3 Å². The summed E-state index contributed by atoms with van der Waals surface area (Å²) in [5, 5.41) is 4.57. The fourth-order valence-electron chi connectivity index (χ4n) is 2.68. The normalized spacial score (nSPS) is 20.2. The fourth-order valence-corrected chi connectivity index (χ4v) is 2.68. The van der Waals surface area contributed by atoms with Gasteiger partial charge in [0, 0.05) is 29.7 Å². The number of morpholine rings is 1. The van der Waals surface area contributed by atoms with Gasteiger partial charge in [-0.2, -0.15) is 0 Å². The van der Waals surface area contributed by atoms with Crippen molar-refractivity contribution in [1.29, 1.82) is 0 Å². The summed E-state index contributed by atoms with van der Waals surface area (Å²) in [6.45, 7) is 4.65. The molecule has 0 saturated carbocycles. The molecule has 1 fully saturated rings. The molecule has 0 aliphatic carbocycles. The number of nitrogens with one attached hydrogen (secondary N) is 2. The van der Waals surface area contributed by atoms with Crippen LogP contribution < -0.4 is 10.1 Å². The molecule has 96 valence electrons. The second-order valence-corrected chi connectivity index (χ2v) is 4.61. The summed E-state index contributed by atoms with van der Waals surface area (Å²) in [6.07, 6.45) is 0.125. The van der Waals surface area contributed by atoms with Crippen LogP contribution in [0.1, 0.15) is 17.4 Å². The zero-order chi connectivity index (χ0) is 12.5. The highest BCUT2D eigenvalue weighted by atomic mass is 16.5. The first-order valence-corrected chi connectivity index (χ1v) is 6.28. The Labute approximate surface area is 106 Å². The molecule has 1 aliphatic rings. The molecule has 2 heterocycles. The summed E-state index contributed by atoms with van der Waals surface area (Å²) in [7, 11) is 1.70. The van der Waals surface area contributed by atoms with Crippen LogP contribution >= 0.6 is 0 Å². The number of rotatable bonds is 2. The van der Waals surface area contributed by atoms with Gasteiger partial charge in [-0.3, -0.25) is 0 Å². The number of fused-ring (bicyclic) bond motifs is 1. The molecule has 2 N–H and O–H groups in total. The van der Waals surface area contributed by atoms with Crippen LogP contribution in [0.15, 0.2) is 18.2 Å². The fraction of sp³-hybridized carbons (Fsp3) is 0.429. The number of methoxy groups -OCH3 is 1. The van der Waals surface area contributed by atoms with Gasteiger partial charge in [0.05, 0.1) is 25.3 Å². The lowest BCUT2D eigenvalue weighted by atomic mass is 10.0. The monoisotopic (exact) mass is 246 g/mol. The van der Waals surface area contributed by atoms with Crippen LogP contribution in [-0.2, 0) is 4.74 Å². The Hall–Kier alpha value is -1.52. The zero-order valence-electron chi connectivity index (χ0n) is 10.7. The number of benzene rings is 1. The van der Waals surface area contributed by atoms with E-state index in [4.69, 9.17) is 9.47 Å². The maximum Gasteiger partial charge on any atom is 0.142 e. The lowest BCUT2D eigenvalue weighted by Crippen LogP contribution is -2.33. The minimum atomic E-state index is 0.125. The van der Waals surface area contributed by atoms with Crippen molar-refractivity contribution in [2.24, 2.45) is 0 Å². The van der Waals surface area contributed by atoms with E-state index in [-0.39, 0.29) is 6.10 Å². The van der Waals surface area contributed by atoms with Gasteiger partial charge >= 0.3 is 0 Å². The Bertz CT molecular complexity index is 556. The zero-order valence-corrected chi connectivity index (χ0v) is 10.7. The van der Waals surface area contributed by atoms with E-state index in [1.54, 1.807) is 7.11 Å². The Kier molecular flexibility index (Phi) is 2.97. The largest absolute Gasteiger partial charge is 0.495 e. The molecule has 2 aromatic rings. The lowest BCUT2D eigenvalue weighted by Gasteiger charge is -2.24. The highest BCUT2D eigenvalue weighted by molar-refractivity contribution is 5.89. The number of hydrogen-bond acceptors (Lipinski definition) is 3. The number of aryl methyl sites for hydroxylation is 1. The number of aromatic nitrogens is 1. The van der Waals surface area contributed by atoms with Gasteiger partial charge in [0.25, 0.3) is 0 Å². The third-order valence-corrected chi connectivity index (χ3v) is 3.50. The average molecular weight is 246 g/mol. The number of ether oxygens (including phenoxy) is 2. The molecule has 4 nitrogen and oxygen atoms in total. The van der Waals surface area contributed by atoms with E-state index in [0.717, 1.165) is 36.7 Å². The summed E-state index contributed by atoms with van der Waals surface area (Å²) < 4.78 is 11.3. The first kappa shape index (κ1) is 11.6. The third kappa shape index (κ3) is 1.78. The van der Waals surface area contributed by atoms with Gasteiger partial charge in [-0.15, -0.1) is 0 Å². The van der Waals surface area contributed by atoms with Gasteiger partial charge in [-0.25, -0.2) is 0 Å². The molecular weight excluding hydrogens is 228 g/mol. The molecule has 0 bridgehead atoms. The maximum absolute atomic E-state index is 5.86. The molecular formula is C14H18N2O2. The lowest BCUT2D eigenvalue weighted by molar-refractivity contribution is 0.0282. The summed E-state index contributed by atoms with van der Waals surface area (Å²) in [5.74, 6) is 0.880. The van der Waals surface area contributed by atoms with Crippen molar-refractivity contribution in [2.75, 3.05) is 26.8 Å². The van der Waals surface area contributed by atoms with Crippen molar-refractivity contribution in [3.05, 3.63) is 29.5 Å². The second kappa shape index (κ2) is 4.63. The predicted molar refractivity (Wildman–Crippen MR) is 71.2 cm³/mol. The molecule has 0 amide bonds. The number of H-pyrrole nitrogens is 1. The van der Waals surface area contributed by atoms with Gasteiger partial charge in [0.15, 0.2) is 0 Å². The van der Waals surface area contributed by atoms with E-state index in [1.807, 2.05) is 12.1 Å². The van der Waals surface area contributed by atoms with E-state index < -0.39 is 0 Å². The van der Waals surface area contributed by atoms with Crippen LogP contribution in [0.3, 0.4) is 0 Å². The summed E-state index contributed by atoms with van der Waals surface area (Å²) in [6, 6.07) is 6.12. The molecule has 4 heteroatoms. The second-order valence-electron chi connectivity index (χ2n) is 4.61. The molecule has 0 spiro atoms. The van der Waals surface area contributed by atoms with Gasteiger partial charge in [0.1, 0.15) is 5.75 Å². The standard InChI is InChI=1S/C14H18N2O2/c1-9-13(12-8-15-6-7-18-12)10-4-3-5-11(17-2)14(10)16-9/h3-5,12,15-16H,6-8H2,1-2H3. The SMILES string of the molecule is COc1cccc2c(C3CNCCO3)c(C)[nH]c12. The van der Waals surface area contributed by atoms with Crippen molar-refractivity contribution in [3.8, 4) is 5.75 Å². The minimum Gasteiger partial charge on any atom is -0.495 e. The molecule has 3 rings (SSSR count). The summed E-state index contributed by atoms with van der Waals surface area (Å²) in [5.41, 5.74) is 3.46. The molecule has 18 heavy (non-hydrogen) atoms. The molecule has 1 aromatic carbocycles. The Morgan fingerprint density at radius 1 is 1.39 bits per heavy atom. The smallest absolute Gasteiger partial charge is 0.142 e. The van der Waals surface area contributed by atoms with E-state index in [0.29, 0.717) is 0 Å². The quantitative estimate of drug-likeness (QED) is 0.853. The molecule has 1 unspecified atom stereocenters. The van der Waals surface area contributed by atoms with Crippen molar-refractivity contribution >= 4 is 10.9 Å². The Balaban J connectivity index is 2.13. The van der Waals surface area contributed by atoms with E-state index in [2.05, 4.69) is 23.3 Å². The van der Waals surface area contributed by atoms with E-state index in [9.17, 15) is 0 Å². The first-order chi connectivity index (χ1) is 8.81. The Morgan fingerprint density at radius 2 is 2.28 bits per heavy atom. The van der Waals surface area contributed by atoms with E-state index in [1.165, 1.54) is 10.9 Å². The van der Waals surface area contributed by atoms with Gasteiger partial charge in [-0.05, 0) is 13.0 Å². The van der Waals surface area contributed by atoms with Crippen LogP contribution in [0.4, 0.5) is 0 Å². The first-order valence-electron chi connectivity index (χ1n) is 6.28. The van der Waals surface area contributed by atoms with Gasteiger partial charge in [0.2, 0.25) is 0 Å². The molecule has 1 atom stereocenters. The van der Waals surface area contributed by atoms with Crippen LogP contribution in [0.2, 0.25) is 0 Å². The summed E-state index contributed by atoms with van der Waals surface area (Å²) in [4.78, 5) is 3.41. The average Bonchev–Trinajstić information content (AvgIpc) is 2.75. The van der Waals surface area contributed by atoms with Crippen LogP contribution in [0, 0.1) is 6.92 Å². The van der Waals surface area contributed by atoms with Crippen molar-refractivity contribution in [2.45, 2.75) is 13.0 Å². The maximum atomic E-state index is 5.86. The highest BCUT2D eigenvalue weighted by Crippen LogP contribution is 2.34. The van der Waals surface area contributed by atoms with Crippen molar-refractivity contribution < 1.29 is 9.47 Å². The van der Waals surface area contributed by atoms with Crippen LogP contribution in [0.5, 0.6) is 5.75 Å². The van der Waals surface area contributed by atoms with Crippen LogP contribution in [-0.4, -0.2) is 31.8 Å². The van der Waals surface area contributed by atoms with Crippen LogP contribution in [0.25, 0.3) is 10.9 Å². The minimum absolute atomic E-state index is 0.125.